The Bertz CT molecular complexity index is 1360. The van der Waals surface area contributed by atoms with Crippen molar-refractivity contribution >= 4 is 45.6 Å². The first-order valence-electron chi connectivity index (χ1n) is 10.7. The molecule has 0 spiro atoms. The van der Waals surface area contributed by atoms with Crippen molar-refractivity contribution in [2.24, 2.45) is 4.99 Å². The number of fused-ring (bicyclic) bond motifs is 1. The second kappa shape index (κ2) is 9.08. The normalized spacial score (nSPS) is 18.1. The lowest BCUT2D eigenvalue weighted by Crippen LogP contribution is -2.54. The van der Waals surface area contributed by atoms with E-state index in [1.807, 2.05) is 18.2 Å². The van der Waals surface area contributed by atoms with Crippen LogP contribution in [0.25, 0.3) is 16.6 Å². The number of esters is 1. The van der Waals surface area contributed by atoms with E-state index < -0.39 is 17.7 Å². The number of carbonyl (C=O) groups excluding carboxylic acids is 1. The number of ether oxygens (including phenoxy) is 1. The number of anilines is 1. The maximum Gasteiger partial charge on any atom is 0.324 e. The third-order valence-corrected chi connectivity index (χ3v) is 6.18. The van der Waals surface area contributed by atoms with Crippen molar-refractivity contribution in [2.75, 3.05) is 38.2 Å². The molecule has 4 heterocycles. The number of nitrogens with zero attached hydrogens (tertiary/aromatic N) is 4. The summed E-state index contributed by atoms with van der Waals surface area (Å²) >= 11 is 5.89. The first-order valence-corrected chi connectivity index (χ1v) is 11.1. The highest BCUT2D eigenvalue weighted by Gasteiger charge is 2.27. The molecule has 0 amide bonds. The molecule has 0 aliphatic carbocycles. The SMILES string of the molecule is COC(=O)[C@H]1CN(c2cnc3ccc(C4=CCN=C4c4cc(Cl)c(F)cc4F)nc3c2)CCN1. The second-order valence-corrected chi connectivity index (χ2v) is 8.36. The van der Waals surface area contributed by atoms with Crippen molar-refractivity contribution in [3.63, 3.8) is 0 Å². The van der Waals surface area contributed by atoms with Crippen LogP contribution in [0.3, 0.4) is 0 Å². The van der Waals surface area contributed by atoms with E-state index in [9.17, 15) is 13.6 Å². The van der Waals surface area contributed by atoms with Crippen LogP contribution in [-0.2, 0) is 9.53 Å². The smallest absolute Gasteiger partial charge is 0.324 e. The summed E-state index contributed by atoms with van der Waals surface area (Å²) in [6.45, 7) is 2.13. The van der Waals surface area contributed by atoms with E-state index in [0.717, 1.165) is 11.8 Å². The molecule has 0 saturated carbocycles. The zero-order chi connectivity index (χ0) is 23.8. The van der Waals surface area contributed by atoms with E-state index in [4.69, 9.17) is 21.3 Å². The van der Waals surface area contributed by atoms with Gasteiger partial charge in [0.25, 0.3) is 0 Å². The Labute approximate surface area is 199 Å². The van der Waals surface area contributed by atoms with Gasteiger partial charge >= 0.3 is 5.97 Å². The Kier molecular flexibility index (Phi) is 5.97. The molecule has 1 aromatic carbocycles. The number of allylic oxidation sites excluding steroid dienone is 1. The topological polar surface area (TPSA) is 79.7 Å². The van der Waals surface area contributed by atoms with Crippen LogP contribution in [0, 0.1) is 11.6 Å². The molecule has 3 aromatic rings. The van der Waals surface area contributed by atoms with Gasteiger partial charge in [-0.25, -0.2) is 13.8 Å². The number of rotatable bonds is 4. The van der Waals surface area contributed by atoms with Crippen LogP contribution in [-0.4, -0.2) is 61.0 Å². The van der Waals surface area contributed by atoms with E-state index in [0.29, 0.717) is 54.2 Å². The number of aromatic nitrogens is 2. The molecular weight excluding hydrogens is 464 g/mol. The summed E-state index contributed by atoms with van der Waals surface area (Å²) < 4.78 is 33.0. The third kappa shape index (κ3) is 4.12. The van der Waals surface area contributed by atoms with Gasteiger partial charge in [0, 0.05) is 36.8 Å². The van der Waals surface area contributed by atoms with Crippen LogP contribution in [0.2, 0.25) is 5.02 Å². The molecule has 0 radical (unpaired) electrons. The summed E-state index contributed by atoms with van der Waals surface area (Å²) in [6.07, 6.45) is 3.59. The van der Waals surface area contributed by atoms with Gasteiger partial charge in [-0.15, -0.1) is 0 Å². The van der Waals surface area contributed by atoms with Gasteiger partial charge in [0.1, 0.15) is 17.7 Å². The minimum atomic E-state index is -0.822. The van der Waals surface area contributed by atoms with Crippen LogP contribution >= 0.6 is 11.6 Å². The highest BCUT2D eigenvalue weighted by atomic mass is 35.5. The number of pyridine rings is 2. The monoisotopic (exact) mass is 483 g/mol. The molecule has 34 heavy (non-hydrogen) atoms. The summed E-state index contributed by atoms with van der Waals surface area (Å²) in [6, 6.07) is 7.12. The van der Waals surface area contributed by atoms with Gasteiger partial charge < -0.3 is 15.0 Å². The van der Waals surface area contributed by atoms with Crippen molar-refractivity contribution in [2.45, 2.75) is 6.04 Å². The van der Waals surface area contributed by atoms with Crippen LogP contribution < -0.4 is 10.2 Å². The zero-order valence-corrected chi connectivity index (χ0v) is 18.9. The van der Waals surface area contributed by atoms with Crippen molar-refractivity contribution in [1.82, 2.24) is 15.3 Å². The van der Waals surface area contributed by atoms with Crippen molar-refractivity contribution in [3.05, 3.63) is 70.5 Å². The summed E-state index contributed by atoms with van der Waals surface area (Å²) in [7, 11) is 1.37. The molecule has 2 aromatic heterocycles. The maximum absolute atomic E-state index is 14.5. The first kappa shape index (κ1) is 22.4. The number of piperazine rings is 1. The predicted molar refractivity (Wildman–Crippen MR) is 126 cm³/mol. The Morgan fingerprint density at radius 2 is 2.06 bits per heavy atom. The van der Waals surface area contributed by atoms with Gasteiger partial charge in [-0.1, -0.05) is 17.7 Å². The summed E-state index contributed by atoms with van der Waals surface area (Å²) in [5.74, 6) is -1.87. The standard InChI is InChI=1S/C24H20ClF2N5O2/c1-34-24(33)22-12-32(7-6-28-22)13-8-21-20(30-11-13)3-2-19(31-21)14-4-5-29-23(14)15-9-16(25)18(27)10-17(15)26/h2-4,8-11,22,28H,5-7,12H2,1H3/t22-/m1/s1. The number of methoxy groups -OCH3 is 1. The number of nitrogens with one attached hydrogen (secondary N) is 1. The van der Waals surface area contributed by atoms with E-state index >= 15 is 0 Å². The van der Waals surface area contributed by atoms with Crippen molar-refractivity contribution in [1.29, 1.82) is 0 Å². The third-order valence-electron chi connectivity index (χ3n) is 5.89. The van der Waals surface area contributed by atoms with Gasteiger partial charge in [0.05, 0.1) is 53.0 Å². The minimum absolute atomic E-state index is 0.124. The average molecular weight is 484 g/mol. The summed E-state index contributed by atoms with van der Waals surface area (Å²) in [4.78, 5) is 27.7. The molecule has 1 N–H and O–H groups in total. The highest BCUT2D eigenvalue weighted by molar-refractivity contribution is 6.35. The number of halogens is 3. The minimum Gasteiger partial charge on any atom is -0.468 e. The Hall–Kier alpha value is -3.43. The largest absolute Gasteiger partial charge is 0.468 e. The number of hydrogen-bond acceptors (Lipinski definition) is 7. The van der Waals surface area contributed by atoms with Gasteiger partial charge in [-0.05, 0) is 24.3 Å². The molecule has 0 bridgehead atoms. The lowest BCUT2D eigenvalue weighted by atomic mass is 9.99. The Morgan fingerprint density at radius 3 is 2.88 bits per heavy atom. The Morgan fingerprint density at radius 1 is 1.21 bits per heavy atom. The molecule has 2 aliphatic heterocycles. The molecule has 0 unspecified atom stereocenters. The lowest BCUT2D eigenvalue weighted by molar-refractivity contribution is -0.143. The summed E-state index contributed by atoms with van der Waals surface area (Å²) in [5.41, 5.74) is 3.90. The maximum atomic E-state index is 14.5. The first-order chi connectivity index (χ1) is 16.4. The molecule has 2 aliphatic rings. The van der Waals surface area contributed by atoms with Crippen LogP contribution in [0.4, 0.5) is 14.5 Å². The van der Waals surface area contributed by atoms with Crippen molar-refractivity contribution in [3.8, 4) is 0 Å². The Balaban J connectivity index is 1.47. The van der Waals surface area contributed by atoms with Crippen molar-refractivity contribution < 1.29 is 18.3 Å². The lowest BCUT2D eigenvalue weighted by Gasteiger charge is -2.33. The second-order valence-electron chi connectivity index (χ2n) is 7.96. The number of carbonyl (C=O) groups is 1. The molecule has 10 heteroatoms. The fourth-order valence-electron chi connectivity index (χ4n) is 4.17. The highest BCUT2D eigenvalue weighted by Crippen LogP contribution is 2.29. The van der Waals surface area contributed by atoms with Gasteiger partial charge in [-0.3, -0.25) is 14.8 Å². The molecule has 5 rings (SSSR count). The quantitative estimate of drug-likeness (QED) is 0.452. The van der Waals surface area contributed by atoms with Gasteiger partial charge in [0.15, 0.2) is 0 Å². The van der Waals surface area contributed by atoms with Crippen LogP contribution in [0.1, 0.15) is 11.3 Å². The number of aliphatic imine (C=N–C) groups is 1. The van der Waals surface area contributed by atoms with E-state index in [1.165, 1.54) is 13.2 Å². The fourth-order valence-corrected chi connectivity index (χ4v) is 4.34. The average Bonchev–Trinajstić information content (AvgIpc) is 3.35. The number of benzene rings is 1. The molecule has 1 atom stereocenters. The zero-order valence-electron chi connectivity index (χ0n) is 18.2. The van der Waals surface area contributed by atoms with Gasteiger partial charge in [-0.2, -0.15) is 0 Å². The molecule has 1 fully saturated rings. The van der Waals surface area contributed by atoms with E-state index in [-0.39, 0.29) is 16.6 Å². The fraction of sp³-hybridized carbons (Fsp3) is 0.250. The van der Waals surface area contributed by atoms with Gasteiger partial charge in [0.2, 0.25) is 0 Å². The van der Waals surface area contributed by atoms with E-state index in [2.05, 4.69) is 20.2 Å². The number of hydrogen-bond donors (Lipinski definition) is 1. The molecule has 7 nitrogen and oxygen atoms in total. The molecule has 174 valence electrons. The van der Waals surface area contributed by atoms with Crippen LogP contribution in [0.5, 0.6) is 0 Å². The summed E-state index contributed by atoms with van der Waals surface area (Å²) in [5, 5.41) is 2.97. The molecular formula is C24H20ClF2N5O2. The predicted octanol–water partition coefficient (Wildman–Crippen LogP) is 3.40. The van der Waals surface area contributed by atoms with E-state index in [1.54, 1.807) is 12.3 Å². The molecule has 1 saturated heterocycles. The van der Waals surface area contributed by atoms with Crippen LogP contribution in [0.15, 0.2) is 47.6 Å².